The summed E-state index contributed by atoms with van der Waals surface area (Å²) in [6.45, 7) is 0. The summed E-state index contributed by atoms with van der Waals surface area (Å²) in [4.78, 5) is 31.9. The van der Waals surface area contributed by atoms with Crippen LogP contribution in [0.4, 0.5) is 0 Å². The van der Waals surface area contributed by atoms with Crippen molar-refractivity contribution < 1.29 is 34.8 Å². The van der Waals surface area contributed by atoms with E-state index in [9.17, 15) is 19.5 Å². The van der Waals surface area contributed by atoms with Crippen LogP contribution in [-0.4, -0.2) is 61.4 Å². The molecule has 17 heavy (non-hydrogen) atoms. The van der Waals surface area contributed by atoms with E-state index in [2.05, 4.69) is 0 Å². The van der Waals surface area contributed by atoms with Gasteiger partial charge in [0.2, 0.25) is 0 Å². The zero-order chi connectivity index (χ0) is 12.5. The second kappa shape index (κ2) is 5.50. The Morgan fingerprint density at radius 2 is 1.41 bits per heavy atom. The van der Waals surface area contributed by atoms with Crippen LogP contribution in [0.15, 0.2) is 12.1 Å². The first-order chi connectivity index (χ1) is 7.34. The van der Waals surface area contributed by atoms with E-state index in [0.29, 0.717) is 12.1 Å². The van der Waals surface area contributed by atoms with Crippen LogP contribution < -0.4 is 0 Å². The molecule has 0 amide bonds. The molecule has 0 bridgehead atoms. The van der Waals surface area contributed by atoms with Crippen molar-refractivity contribution in [1.82, 2.24) is 0 Å². The van der Waals surface area contributed by atoms with Gasteiger partial charge in [0.05, 0.1) is 11.1 Å². The molecule has 1 rings (SSSR count). The standard InChI is InChI=1S/C9H6O7.Mg.2H/c10-5-2-3(7(11)12)1-4(8(13)14)6(5)9(15)16;;;/h1-2,10H,(H,11,12)(H,13,14)(H,15,16);;;. The van der Waals surface area contributed by atoms with Gasteiger partial charge in [0.25, 0.3) is 0 Å². The Kier molecular flexibility index (Phi) is 4.92. The molecule has 0 unspecified atom stereocenters. The number of carboxylic acids is 3. The summed E-state index contributed by atoms with van der Waals surface area (Å²) in [6, 6.07) is 1.35. The Morgan fingerprint density at radius 1 is 0.882 bits per heavy atom. The van der Waals surface area contributed by atoms with E-state index in [1.807, 2.05) is 0 Å². The van der Waals surface area contributed by atoms with Crippen molar-refractivity contribution in [3.8, 4) is 5.75 Å². The summed E-state index contributed by atoms with van der Waals surface area (Å²) >= 11 is 0. The maximum Gasteiger partial charge on any atom is 0.340 e. The number of rotatable bonds is 3. The molecule has 1 aromatic rings. The van der Waals surface area contributed by atoms with Gasteiger partial charge in [-0.2, -0.15) is 0 Å². The molecule has 1 aromatic carbocycles. The number of hydrogen-bond acceptors (Lipinski definition) is 4. The fourth-order valence-electron chi connectivity index (χ4n) is 1.14. The van der Waals surface area contributed by atoms with Gasteiger partial charge in [-0.05, 0) is 12.1 Å². The Bertz CT molecular complexity index is 494. The molecule has 0 aliphatic heterocycles. The monoisotopic (exact) mass is 252 g/mol. The highest BCUT2D eigenvalue weighted by molar-refractivity contribution is 6.05. The largest absolute Gasteiger partial charge is 0.507 e. The zero-order valence-electron chi connectivity index (χ0n) is 7.67. The topological polar surface area (TPSA) is 132 Å². The lowest BCUT2D eigenvalue weighted by molar-refractivity contribution is 0.0645. The van der Waals surface area contributed by atoms with Gasteiger partial charge >= 0.3 is 41.0 Å². The highest BCUT2D eigenvalue weighted by Crippen LogP contribution is 2.24. The molecule has 0 aliphatic rings. The summed E-state index contributed by atoms with van der Waals surface area (Å²) in [5.74, 6) is -5.64. The minimum Gasteiger partial charge on any atom is -0.507 e. The van der Waals surface area contributed by atoms with Crippen LogP contribution in [0.2, 0.25) is 0 Å². The maximum absolute atomic E-state index is 10.7. The molecule has 0 aromatic heterocycles. The minimum atomic E-state index is -1.65. The van der Waals surface area contributed by atoms with Crippen molar-refractivity contribution in [2.24, 2.45) is 0 Å². The normalized spacial score (nSPS) is 9.18. The number of benzene rings is 1. The van der Waals surface area contributed by atoms with Gasteiger partial charge < -0.3 is 20.4 Å². The molecular weight excluding hydrogens is 244 g/mol. The fourth-order valence-corrected chi connectivity index (χ4v) is 1.14. The van der Waals surface area contributed by atoms with Crippen LogP contribution in [0, 0.1) is 0 Å². The molecule has 0 spiro atoms. The molecule has 4 N–H and O–H groups in total. The van der Waals surface area contributed by atoms with Gasteiger partial charge in [0.1, 0.15) is 11.3 Å². The average Bonchev–Trinajstić information content (AvgIpc) is 2.15. The predicted octanol–water partition coefficient (Wildman–Crippen LogP) is -0.429. The lowest BCUT2D eigenvalue weighted by atomic mass is 10.0. The number of phenols is 1. The number of carbonyl (C=O) groups is 3. The van der Waals surface area contributed by atoms with Gasteiger partial charge in [-0.3, -0.25) is 0 Å². The van der Waals surface area contributed by atoms with E-state index in [-0.39, 0.29) is 23.1 Å². The fraction of sp³-hybridized carbons (Fsp3) is 0. The Hall–Kier alpha value is -1.80. The van der Waals surface area contributed by atoms with Gasteiger partial charge in [-0.1, -0.05) is 0 Å². The van der Waals surface area contributed by atoms with Gasteiger partial charge in [0, 0.05) is 0 Å². The third-order valence-electron chi connectivity index (χ3n) is 1.81. The van der Waals surface area contributed by atoms with Gasteiger partial charge in [-0.25, -0.2) is 14.4 Å². The van der Waals surface area contributed by atoms with Gasteiger partial charge in [0.15, 0.2) is 0 Å². The smallest absolute Gasteiger partial charge is 0.340 e. The molecule has 88 valence electrons. The van der Waals surface area contributed by atoms with Crippen LogP contribution in [0.1, 0.15) is 31.1 Å². The summed E-state index contributed by atoms with van der Waals surface area (Å²) in [5, 5.41) is 35.2. The number of aromatic hydroxyl groups is 1. The quantitative estimate of drug-likeness (QED) is 0.537. The van der Waals surface area contributed by atoms with Crippen LogP contribution in [0.5, 0.6) is 5.75 Å². The van der Waals surface area contributed by atoms with Crippen molar-refractivity contribution in [2.75, 3.05) is 0 Å². The van der Waals surface area contributed by atoms with Crippen molar-refractivity contribution >= 4 is 41.0 Å². The van der Waals surface area contributed by atoms with Crippen molar-refractivity contribution in [2.45, 2.75) is 0 Å². The van der Waals surface area contributed by atoms with Crippen molar-refractivity contribution in [3.05, 3.63) is 28.8 Å². The maximum atomic E-state index is 10.7. The summed E-state index contributed by atoms with van der Waals surface area (Å²) in [7, 11) is 0. The molecule has 0 heterocycles. The van der Waals surface area contributed by atoms with Crippen LogP contribution >= 0.6 is 0 Å². The lowest BCUT2D eigenvalue weighted by Gasteiger charge is -2.05. The molecular formula is C9H8MgO7. The number of carboxylic acid groups (broad SMARTS) is 3. The summed E-state index contributed by atoms with van der Waals surface area (Å²) in [6.07, 6.45) is 0. The van der Waals surface area contributed by atoms with Crippen molar-refractivity contribution in [3.63, 3.8) is 0 Å². The van der Waals surface area contributed by atoms with E-state index in [4.69, 9.17) is 15.3 Å². The van der Waals surface area contributed by atoms with E-state index >= 15 is 0 Å². The Morgan fingerprint density at radius 3 is 1.76 bits per heavy atom. The molecule has 0 fully saturated rings. The van der Waals surface area contributed by atoms with Gasteiger partial charge in [-0.15, -0.1) is 0 Å². The highest BCUT2D eigenvalue weighted by Gasteiger charge is 2.23. The summed E-state index contributed by atoms with van der Waals surface area (Å²) < 4.78 is 0. The molecule has 0 atom stereocenters. The molecule has 0 saturated heterocycles. The van der Waals surface area contributed by atoms with E-state index in [0.717, 1.165) is 0 Å². The molecule has 8 heteroatoms. The zero-order valence-corrected chi connectivity index (χ0v) is 7.67. The lowest BCUT2D eigenvalue weighted by Crippen LogP contribution is -2.10. The molecule has 0 saturated carbocycles. The summed E-state index contributed by atoms with van der Waals surface area (Å²) in [5.41, 5.74) is -2.11. The van der Waals surface area contributed by atoms with Crippen LogP contribution in [0.3, 0.4) is 0 Å². The first kappa shape index (κ1) is 15.2. The molecule has 7 nitrogen and oxygen atoms in total. The average molecular weight is 252 g/mol. The second-order valence-corrected chi connectivity index (χ2v) is 2.83. The second-order valence-electron chi connectivity index (χ2n) is 2.83. The van der Waals surface area contributed by atoms with Crippen LogP contribution in [-0.2, 0) is 0 Å². The molecule has 0 radical (unpaired) electrons. The van der Waals surface area contributed by atoms with E-state index < -0.39 is 40.3 Å². The number of hydrogen-bond donors (Lipinski definition) is 4. The third-order valence-corrected chi connectivity index (χ3v) is 1.81. The molecule has 0 aliphatic carbocycles. The van der Waals surface area contributed by atoms with Crippen LogP contribution in [0.25, 0.3) is 0 Å². The Balaban J connectivity index is 0.00000256. The van der Waals surface area contributed by atoms with E-state index in [1.165, 1.54) is 0 Å². The first-order valence-electron chi connectivity index (χ1n) is 3.91. The highest BCUT2D eigenvalue weighted by atomic mass is 24.3. The Labute approximate surface area is 110 Å². The minimum absolute atomic E-state index is 0. The van der Waals surface area contributed by atoms with Crippen molar-refractivity contribution in [1.29, 1.82) is 0 Å². The predicted molar refractivity (Wildman–Crippen MR) is 57.5 cm³/mol. The van der Waals surface area contributed by atoms with E-state index in [1.54, 1.807) is 0 Å². The third kappa shape index (κ3) is 3.08. The first-order valence-corrected chi connectivity index (χ1v) is 3.91. The number of aromatic carboxylic acids is 3. The SMILES string of the molecule is O=C(O)c1cc(O)c(C(=O)O)c(C(=O)O)c1.[MgH2].